The molecule has 0 fully saturated rings. The second-order valence-corrected chi connectivity index (χ2v) is 6.99. The maximum absolute atomic E-state index is 10.7. The van der Waals surface area contributed by atoms with E-state index in [0.29, 0.717) is 6.54 Å². The van der Waals surface area contributed by atoms with Gasteiger partial charge in [-0.2, -0.15) is 0 Å². The molecule has 2 aromatic carbocycles. The highest BCUT2D eigenvalue weighted by atomic mass is 127. The molecule has 0 bridgehead atoms. The molecule has 1 unspecified atom stereocenters. The zero-order valence-corrected chi connectivity index (χ0v) is 19.4. The molecular formula is C22H33IN4O. The molecule has 0 aromatic heterocycles. The molecule has 0 saturated heterocycles. The molecule has 154 valence electrons. The highest BCUT2D eigenvalue weighted by molar-refractivity contribution is 14.0. The van der Waals surface area contributed by atoms with E-state index in [9.17, 15) is 5.11 Å². The third-order valence-corrected chi connectivity index (χ3v) is 4.37. The lowest BCUT2D eigenvalue weighted by atomic mass is 9.96. The van der Waals surface area contributed by atoms with Crippen LogP contribution in [0.3, 0.4) is 0 Å². The number of rotatable bonds is 9. The Kier molecular flexibility index (Phi) is 11.1. The van der Waals surface area contributed by atoms with Gasteiger partial charge in [-0.1, -0.05) is 60.7 Å². The maximum atomic E-state index is 10.7. The summed E-state index contributed by atoms with van der Waals surface area (Å²) in [5, 5.41) is 17.3. The van der Waals surface area contributed by atoms with Crippen LogP contribution in [-0.2, 0) is 12.1 Å². The van der Waals surface area contributed by atoms with Gasteiger partial charge < -0.3 is 20.6 Å². The number of hydrogen-bond acceptors (Lipinski definition) is 3. The summed E-state index contributed by atoms with van der Waals surface area (Å²) in [4.78, 5) is 6.84. The number of benzene rings is 2. The normalized spacial score (nSPS) is 13.5. The summed E-state index contributed by atoms with van der Waals surface area (Å²) >= 11 is 0. The number of nitrogens with zero attached hydrogens (tertiary/aromatic N) is 2. The van der Waals surface area contributed by atoms with Crippen LogP contribution in [0.15, 0.2) is 65.7 Å². The van der Waals surface area contributed by atoms with Crippen molar-refractivity contribution in [2.45, 2.75) is 26.0 Å². The van der Waals surface area contributed by atoms with E-state index in [1.54, 1.807) is 6.92 Å². The molecule has 0 aliphatic heterocycles. The molecule has 0 radical (unpaired) electrons. The van der Waals surface area contributed by atoms with Crippen LogP contribution in [0.4, 0.5) is 0 Å². The SMILES string of the molecule is CCNC(=NCC(C)(O)c1ccccc1)NCCN(C)Cc1ccccc1.I. The molecule has 2 aromatic rings. The van der Waals surface area contributed by atoms with Crippen LogP contribution in [0.25, 0.3) is 0 Å². The number of halogens is 1. The Morgan fingerprint density at radius 1 is 1.04 bits per heavy atom. The minimum atomic E-state index is -0.992. The molecule has 6 heteroatoms. The first-order chi connectivity index (χ1) is 13.0. The summed E-state index contributed by atoms with van der Waals surface area (Å²) in [6.45, 7) is 7.50. The fourth-order valence-electron chi connectivity index (χ4n) is 2.80. The first kappa shape index (κ1) is 24.4. The molecule has 0 saturated carbocycles. The van der Waals surface area contributed by atoms with Crippen LogP contribution in [-0.4, -0.2) is 49.2 Å². The number of aliphatic imine (C=N–C) groups is 1. The summed E-state index contributed by atoms with van der Waals surface area (Å²) in [6, 6.07) is 20.1. The van der Waals surface area contributed by atoms with Crippen molar-refractivity contribution >= 4 is 29.9 Å². The summed E-state index contributed by atoms with van der Waals surface area (Å²) in [5.41, 5.74) is 1.18. The van der Waals surface area contributed by atoms with E-state index in [-0.39, 0.29) is 24.0 Å². The highest BCUT2D eigenvalue weighted by Gasteiger charge is 2.22. The lowest BCUT2D eigenvalue weighted by Gasteiger charge is -2.23. The molecule has 5 nitrogen and oxygen atoms in total. The van der Waals surface area contributed by atoms with Gasteiger partial charge >= 0.3 is 0 Å². The number of aliphatic hydroxyl groups is 1. The van der Waals surface area contributed by atoms with E-state index in [1.165, 1.54) is 5.56 Å². The molecule has 28 heavy (non-hydrogen) atoms. The van der Waals surface area contributed by atoms with Crippen molar-refractivity contribution in [1.29, 1.82) is 0 Å². The minimum Gasteiger partial charge on any atom is -0.384 e. The smallest absolute Gasteiger partial charge is 0.191 e. The van der Waals surface area contributed by atoms with Crippen molar-refractivity contribution in [3.8, 4) is 0 Å². The Bertz CT molecular complexity index is 692. The highest BCUT2D eigenvalue weighted by Crippen LogP contribution is 2.20. The van der Waals surface area contributed by atoms with Gasteiger partial charge in [-0.25, -0.2) is 4.99 Å². The van der Waals surface area contributed by atoms with Gasteiger partial charge in [-0.3, -0.25) is 0 Å². The van der Waals surface area contributed by atoms with E-state index in [2.05, 4.69) is 51.8 Å². The largest absolute Gasteiger partial charge is 0.384 e. The summed E-state index contributed by atoms with van der Waals surface area (Å²) in [5.74, 6) is 0.724. The van der Waals surface area contributed by atoms with Crippen LogP contribution in [0.1, 0.15) is 25.0 Å². The monoisotopic (exact) mass is 496 g/mol. The third-order valence-electron chi connectivity index (χ3n) is 4.37. The van der Waals surface area contributed by atoms with Gasteiger partial charge in [0.25, 0.3) is 0 Å². The average Bonchev–Trinajstić information content (AvgIpc) is 2.67. The Labute approximate surface area is 186 Å². The van der Waals surface area contributed by atoms with Gasteiger partial charge in [-0.05, 0) is 32.0 Å². The Hall–Kier alpha value is -1.64. The van der Waals surface area contributed by atoms with Gasteiger partial charge in [0.1, 0.15) is 5.60 Å². The second kappa shape index (κ2) is 12.7. The average molecular weight is 496 g/mol. The standard InChI is InChI=1S/C22H32N4O.HI/c1-4-23-21(25-18-22(2,27)20-13-9-6-10-14-20)24-15-16-26(3)17-19-11-7-5-8-12-19;/h5-14,27H,4,15-18H2,1-3H3,(H2,23,24,25);1H. The van der Waals surface area contributed by atoms with Gasteiger partial charge in [0.05, 0.1) is 6.54 Å². The lowest BCUT2D eigenvalue weighted by Crippen LogP contribution is -2.41. The third kappa shape index (κ3) is 8.58. The lowest BCUT2D eigenvalue weighted by molar-refractivity contribution is 0.0672. The zero-order chi connectivity index (χ0) is 19.5. The summed E-state index contributed by atoms with van der Waals surface area (Å²) < 4.78 is 0. The second-order valence-electron chi connectivity index (χ2n) is 6.99. The van der Waals surface area contributed by atoms with Gasteiger partial charge in [0.2, 0.25) is 0 Å². The first-order valence-corrected chi connectivity index (χ1v) is 9.54. The van der Waals surface area contributed by atoms with Crippen LogP contribution in [0.2, 0.25) is 0 Å². The molecule has 1 atom stereocenters. The predicted octanol–water partition coefficient (Wildman–Crippen LogP) is 3.20. The van der Waals surface area contributed by atoms with Gasteiger partial charge in [0, 0.05) is 26.2 Å². The molecular weight excluding hydrogens is 463 g/mol. The van der Waals surface area contributed by atoms with E-state index in [1.807, 2.05) is 43.3 Å². The fraction of sp³-hybridized carbons (Fsp3) is 0.409. The van der Waals surface area contributed by atoms with Crippen molar-refractivity contribution in [1.82, 2.24) is 15.5 Å². The molecule has 2 rings (SSSR count). The maximum Gasteiger partial charge on any atom is 0.191 e. The predicted molar refractivity (Wildman–Crippen MR) is 128 cm³/mol. The van der Waals surface area contributed by atoms with Gasteiger partial charge in [-0.15, -0.1) is 24.0 Å². The fourth-order valence-corrected chi connectivity index (χ4v) is 2.80. The number of likely N-dealkylation sites (N-methyl/N-ethyl adjacent to an activating group) is 1. The van der Waals surface area contributed by atoms with E-state index in [4.69, 9.17) is 0 Å². The van der Waals surface area contributed by atoms with Crippen molar-refractivity contribution in [2.24, 2.45) is 4.99 Å². The van der Waals surface area contributed by atoms with E-state index >= 15 is 0 Å². The molecule has 0 spiro atoms. The zero-order valence-electron chi connectivity index (χ0n) is 17.1. The number of guanidine groups is 1. The Morgan fingerprint density at radius 2 is 1.64 bits per heavy atom. The minimum absolute atomic E-state index is 0. The van der Waals surface area contributed by atoms with Crippen LogP contribution in [0.5, 0.6) is 0 Å². The molecule has 0 aliphatic carbocycles. The van der Waals surface area contributed by atoms with Crippen LogP contribution in [0, 0.1) is 0 Å². The number of nitrogens with one attached hydrogen (secondary N) is 2. The van der Waals surface area contributed by atoms with Gasteiger partial charge in [0.15, 0.2) is 5.96 Å². The molecule has 3 N–H and O–H groups in total. The van der Waals surface area contributed by atoms with Crippen molar-refractivity contribution in [3.05, 3.63) is 71.8 Å². The van der Waals surface area contributed by atoms with Crippen molar-refractivity contribution in [2.75, 3.05) is 33.2 Å². The summed E-state index contributed by atoms with van der Waals surface area (Å²) in [6.07, 6.45) is 0. The van der Waals surface area contributed by atoms with Crippen molar-refractivity contribution < 1.29 is 5.11 Å². The quantitative estimate of drug-likeness (QED) is 0.284. The molecule has 0 amide bonds. The molecule has 0 heterocycles. The first-order valence-electron chi connectivity index (χ1n) is 9.54. The van der Waals surface area contributed by atoms with Crippen molar-refractivity contribution in [3.63, 3.8) is 0 Å². The van der Waals surface area contributed by atoms with Crippen LogP contribution < -0.4 is 10.6 Å². The summed E-state index contributed by atoms with van der Waals surface area (Å²) in [7, 11) is 2.11. The topological polar surface area (TPSA) is 59.9 Å². The van der Waals surface area contributed by atoms with E-state index < -0.39 is 5.60 Å². The molecule has 0 aliphatic rings. The Balaban J connectivity index is 0.00000392. The van der Waals surface area contributed by atoms with Crippen LogP contribution >= 0.6 is 24.0 Å². The Morgan fingerprint density at radius 3 is 2.25 bits per heavy atom. The van der Waals surface area contributed by atoms with E-state index in [0.717, 1.165) is 37.7 Å². The number of hydrogen-bond donors (Lipinski definition) is 3.